The quantitative estimate of drug-likeness (QED) is 0.797. The van der Waals surface area contributed by atoms with E-state index in [2.05, 4.69) is 27.4 Å². The first-order valence-electron chi connectivity index (χ1n) is 6.96. The van der Waals surface area contributed by atoms with E-state index in [-0.39, 0.29) is 0 Å². The molecule has 2 N–H and O–H groups in total. The smallest absolute Gasteiger partial charge is 0.137 e. The van der Waals surface area contributed by atoms with Crippen LogP contribution in [0.1, 0.15) is 51.3 Å². The summed E-state index contributed by atoms with van der Waals surface area (Å²) in [7, 11) is 0. The summed E-state index contributed by atoms with van der Waals surface area (Å²) in [6, 6.07) is 0.728. The lowest BCUT2D eigenvalue weighted by molar-refractivity contribution is 0.279. The minimum absolute atomic E-state index is 0.728. The van der Waals surface area contributed by atoms with Crippen molar-refractivity contribution in [2.24, 2.45) is 5.92 Å². The number of aromatic nitrogens is 3. The Morgan fingerprint density at radius 2 is 2.18 bits per heavy atom. The first-order valence-corrected chi connectivity index (χ1v) is 6.96. The molecule has 0 unspecified atom stereocenters. The summed E-state index contributed by atoms with van der Waals surface area (Å²) in [5, 5.41) is 10.4. The van der Waals surface area contributed by atoms with Gasteiger partial charge in [-0.05, 0) is 31.6 Å². The molecular weight excluding hydrogens is 212 g/mol. The molecule has 96 valence electrons. The fourth-order valence-electron chi connectivity index (χ4n) is 2.81. The van der Waals surface area contributed by atoms with Gasteiger partial charge in [0.2, 0.25) is 0 Å². The summed E-state index contributed by atoms with van der Waals surface area (Å²) < 4.78 is 0. The summed E-state index contributed by atoms with van der Waals surface area (Å²) in [4.78, 5) is 4.13. The van der Waals surface area contributed by atoms with E-state index in [1.54, 1.807) is 6.33 Å². The molecule has 1 fully saturated rings. The molecular formula is C13H24N4. The maximum absolute atomic E-state index is 4.13. The Morgan fingerprint density at radius 1 is 1.35 bits per heavy atom. The lowest BCUT2D eigenvalue weighted by Gasteiger charge is -2.29. The highest BCUT2D eigenvalue weighted by atomic mass is 15.2. The van der Waals surface area contributed by atoms with Crippen LogP contribution in [-0.2, 0) is 6.42 Å². The molecule has 0 amide bonds. The molecule has 0 aromatic carbocycles. The summed E-state index contributed by atoms with van der Waals surface area (Å²) in [5.74, 6) is 1.98. The van der Waals surface area contributed by atoms with Crippen molar-refractivity contribution >= 4 is 0 Å². The van der Waals surface area contributed by atoms with E-state index in [4.69, 9.17) is 0 Å². The summed E-state index contributed by atoms with van der Waals surface area (Å²) >= 11 is 0. The van der Waals surface area contributed by atoms with Gasteiger partial charge in [-0.15, -0.1) is 0 Å². The van der Waals surface area contributed by atoms with Crippen LogP contribution < -0.4 is 5.32 Å². The second-order valence-electron chi connectivity index (χ2n) is 5.14. The molecule has 1 saturated carbocycles. The largest absolute Gasteiger partial charge is 0.314 e. The highest BCUT2D eigenvalue weighted by molar-refractivity contribution is 4.83. The second-order valence-corrected chi connectivity index (χ2v) is 5.14. The minimum Gasteiger partial charge on any atom is -0.314 e. The molecule has 2 rings (SSSR count). The Labute approximate surface area is 104 Å². The van der Waals surface area contributed by atoms with E-state index < -0.39 is 0 Å². The van der Waals surface area contributed by atoms with Gasteiger partial charge in [0.1, 0.15) is 12.2 Å². The Balaban J connectivity index is 1.58. The minimum atomic E-state index is 0.728. The van der Waals surface area contributed by atoms with Gasteiger partial charge < -0.3 is 5.32 Å². The maximum Gasteiger partial charge on any atom is 0.137 e. The Morgan fingerprint density at radius 3 is 2.82 bits per heavy atom. The third-order valence-corrected chi connectivity index (χ3v) is 3.80. The summed E-state index contributed by atoms with van der Waals surface area (Å²) in [6.07, 6.45) is 10.8. The van der Waals surface area contributed by atoms with Gasteiger partial charge in [-0.3, -0.25) is 5.10 Å². The third-order valence-electron chi connectivity index (χ3n) is 3.80. The van der Waals surface area contributed by atoms with Gasteiger partial charge in [0.05, 0.1) is 0 Å². The molecule has 0 atom stereocenters. The molecule has 1 aromatic rings. The predicted octanol–water partition coefficient (Wildman–Crippen LogP) is 2.30. The van der Waals surface area contributed by atoms with Crippen LogP contribution in [0.5, 0.6) is 0 Å². The van der Waals surface area contributed by atoms with Crippen molar-refractivity contribution < 1.29 is 0 Å². The van der Waals surface area contributed by atoms with E-state index in [1.807, 2.05) is 0 Å². The topological polar surface area (TPSA) is 53.6 Å². The number of H-pyrrole nitrogens is 1. The molecule has 1 aliphatic carbocycles. The van der Waals surface area contributed by atoms with Crippen molar-refractivity contribution in [2.75, 3.05) is 6.54 Å². The number of nitrogens with zero attached hydrogens (tertiary/aromatic N) is 2. The van der Waals surface area contributed by atoms with Crippen LogP contribution in [0.3, 0.4) is 0 Å². The molecule has 0 aliphatic heterocycles. The molecule has 0 radical (unpaired) electrons. The number of hydrogen-bond donors (Lipinski definition) is 2. The van der Waals surface area contributed by atoms with Gasteiger partial charge in [-0.25, -0.2) is 4.98 Å². The molecule has 0 saturated heterocycles. The Kier molecular flexibility index (Phi) is 4.98. The number of aromatic amines is 1. The van der Waals surface area contributed by atoms with Gasteiger partial charge in [0.25, 0.3) is 0 Å². The van der Waals surface area contributed by atoms with Crippen molar-refractivity contribution in [3.05, 3.63) is 12.2 Å². The fraction of sp³-hybridized carbons (Fsp3) is 0.846. The zero-order valence-electron chi connectivity index (χ0n) is 10.8. The van der Waals surface area contributed by atoms with Crippen molar-refractivity contribution in [1.82, 2.24) is 20.5 Å². The zero-order chi connectivity index (χ0) is 11.9. The fourth-order valence-corrected chi connectivity index (χ4v) is 2.81. The first-order chi connectivity index (χ1) is 8.38. The van der Waals surface area contributed by atoms with Gasteiger partial charge >= 0.3 is 0 Å². The Bertz CT molecular complexity index is 288. The van der Waals surface area contributed by atoms with Crippen LogP contribution >= 0.6 is 0 Å². The van der Waals surface area contributed by atoms with Crippen LogP contribution in [0.25, 0.3) is 0 Å². The van der Waals surface area contributed by atoms with Gasteiger partial charge in [-0.1, -0.05) is 19.8 Å². The van der Waals surface area contributed by atoms with Gasteiger partial charge in [-0.2, -0.15) is 5.10 Å². The van der Waals surface area contributed by atoms with Crippen LogP contribution in [0.15, 0.2) is 6.33 Å². The summed E-state index contributed by atoms with van der Waals surface area (Å²) in [5.41, 5.74) is 0. The van der Waals surface area contributed by atoms with E-state index in [1.165, 1.54) is 38.5 Å². The lowest BCUT2D eigenvalue weighted by atomic mass is 9.83. The highest BCUT2D eigenvalue weighted by Gasteiger charge is 2.19. The average Bonchev–Trinajstić information content (AvgIpc) is 2.85. The van der Waals surface area contributed by atoms with E-state index in [9.17, 15) is 0 Å². The van der Waals surface area contributed by atoms with E-state index in [0.29, 0.717) is 0 Å². The molecule has 4 heteroatoms. The van der Waals surface area contributed by atoms with Crippen LogP contribution in [0.4, 0.5) is 0 Å². The molecule has 1 aliphatic rings. The number of hydrogen-bond acceptors (Lipinski definition) is 3. The summed E-state index contributed by atoms with van der Waals surface area (Å²) in [6.45, 7) is 3.31. The molecule has 1 heterocycles. The molecule has 0 spiro atoms. The molecule has 17 heavy (non-hydrogen) atoms. The van der Waals surface area contributed by atoms with E-state index in [0.717, 1.165) is 30.7 Å². The van der Waals surface area contributed by atoms with Crippen LogP contribution in [-0.4, -0.2) is 27.8 Å². The standard InChI is InChI=1S/C13H24N4/c1-2-3-11-4-6-12(7-5-11)14-9-8-13-15-10-16-17-13/h10-12,14H,2-9H2,1H3,(H,15,16,17). The average molecular weight is 236 g/mol. The highest BCUT2D eigenvalue weighted by Crippen LogP contribution is 2.27. The van der Waals surface area contributed by atoms with E-state index >= 15 is 0 Å². The van der Waals surface area contributed by atoms with Gasteiger partial charge in [0, 0.05) is 19.0 Å². The van der Waals surface area contributed by atoms with Crippen molar-refractivity contribution in [2.45, 2.75) is 57.9 Å². The Hall–Kier alpha value is -0.900. The van der Waals surface area contributed by atoms with Crippen LogP contribution in [0.2, 0.25) is 0 Å². The lowest BCUT2D eigenvalue weighted by Crippen LogP contribution is -2.34. The molecule has 1 aromatic heterocycles. The normalized spacial score (nSPS) is 25.0. The monoisotopic (exact) mass is 236 g/mol. The van der Waals surface area contributed by atoms with Crippen molar-refractivity contribution in [3.8, 4) is 0 Å². The molecule has 4 nitrogen and oxygen atoms in total. The first kappa shape index (κ1) is 12.6. The van der Waals surface area contributed by atoms with Gasteiger partial charge in [0.15, 0.2) is 0 Å². The maximum atomic E-state index is 4.13. The predicted molar refractivity (Wildman–Crippen MR) is 68.7 cm³/mol. The van der Waals surface area contributed by atoms with Crippen LogP contribution in [0, 0.1) is 5.92 Å². The second kappa shape index (κ2) is 6.74. The third kappa shape index (κ3) is 4.11. The van der Waals surface area contributed by atoms with Crippen molar-refractivity contribution in [1.29, 1.82) is 0 Å². The number of nitrogens with one attached hydrogen (secondary N) is 2. The molecule has 0 bridgehead atoms. The number of rotatable bonds is 6. The zero-order valence-corrected chi connectivity index (χ0v) is 10.8. The SMILES string of the molecule is CCCC1CCC(NCCc2ncn[nH]2)CC1. The van der Waals surface area contributed by atoms with Crippen molar-refractivity contribution in [3.63, 3.8) is 0 Å².